The van der Waals surface area contributed by atoms with Gasteiger partial charge in [0.1, 0.15) is 23.7 Å². The third-order valence-corrected chi connectivity index (χ3v) is 7.55. The van der Waals surface area contributed by atoms with Crippen molar-refractivity contribution >= 4 is 46.6 Å². The van der Waals surface area contributed by atoms with Crippen LogP contribution < -0.4 is 20.7 Å². The average molecular weight is 613 g/mol. The summed E-state index contributed by atoms with van der Waals surface area (Å²) in [6, 6.07) is 10.4. The largest absolute Gasteiger partial charge is 0.491 e. The fourth-order valence-corrected chi connectivity index (χ4v) is 5.03. The van der Waals surface area contributed by atoms with Crippen molar-refractivity contribution in [2.75, 3.05) is 49.8 Å². The Kier molecular flexibility index (Phi) is 10.1. The molecule has 1 aromatic heterocycles. The fourth-order valence-electron chi connectivity index (χ4n) is 4.84. The first-order chi connectivity index (χ1) is 20.5. The summed E-state index contributed by atoms with van der Waals surface area (Å²) in [5.74, 6) is 0.384. The predicted octanol–water partition coefficient (Wildman–Crippen LogP) is 5.63. The molecule has 43 heavy (non-hydrogen) atoms. The number of fused-ring (bicyclic) bond motifs is 1. The van der Waals surface area contributed by atoms with Gasteiger partial charge < -0.3 is 39.7 Å². The van der Waals surface area contributed by atoms with Crippen molar-refractivity contribution in [1.82, 2.24) is 15.0 Å². The number of urea groups is 2. The third kappa shape index (κ3) is 7.76. The van der Waals surface area contributed by atoms with Crippen molar-refractivity contribution < 1.29 is 28.4 Å². The van der Waals surface area contributed by atoms with E-state index in [0.29, 0.717) is 45.8 Å². The maximum atomic E-state index is 13.6. The van der Waals surface area contributed by atoms with Gasteiger partial charge in [-0.2, -0.15) is 0 Å². The number of methoxy groups -OCH3 is 1. The highest BCUT2D eigenvalue weighted by Crippen LogP contribution is 2.27. The number of hydrogen-bond acceptors (Lipinski definition) is 7. The molecule has 5 amide bonds. The van der Waals surface area contributed by atoms with E-state index < -0.39 is 6.03 Å². The minimum absolute atomic E-state index is 0.103. The Labute approximate surface area is 255 Å². The number of nitrogens with zero attached hydrogens (tertiary/aromatic N) is 3. The number of likely N-dealkylation sites (N-methyl/N-ethyl adjacent to an activating group) is 1. The second kappa shape index (κ2) is 13.8. The number of aromatic nitrogens is 1. The molecule has 0 unspecified atom stereocenters. The summed E-state index contributed by atoms with van der Waals surface area (Å²) < 4.78 is 17.1. The quantitative estimate of drug-likeness (QED) is 0.347. The Bertz CT molecular complexity index is 1460. The smallest absolute Gasteiger partial charge is 0.323 e. The van der Waals surface area contributed by atoms with E-state index in [1.807, 2.05) is 13.8 Å². The number of rotatable bonds is 4. The van der Waals surface area contributed by atoms with Crippen LogP contribution in [-0.2, 0) is 4.74 Å². The summed E-state index contributed by atoms with van der Waals surface area (Å²) in [5, 5.41) is 12.8. The SMILES string of the molecule is CO[C@H]1CN(C)C(=O)c2cc(NC(=O)Nc3cccc(Cl)c3)ccc2OC[C@H](C)N(C(=O)Nc2c(C)noc2C)C[C@@H]1C. The highest BCUT2D eigenvalue weighted by molar-refractivity contribution is 6.30. The van der Waals surface area contributed by atoms with E-state index in [-0.39, 0.29) is 48.7 Å². The molecule has 0 aliphatic carbocycles. The Morgan fingerprint density at radius 2 is 1.77 bits per heavy atom. The van der Waals surface area contributed by atoms with Crippen molar-refractivity contribution in [3.8, 4) is 5.75 Å². The zero-order chi connectivity index (χ0) is 31.3. The minimum atomic E-state index is -0.501. The summed E-state index contributed by atoms with van der Waals surface area (Å²) in [4.78, 5) is 43.1. The lowest BCUT2D eigenvalue weighted by Gasteiger charge is -2.36. The molecule has 0 saturated heterocycles. The zero-order valence-corrected chi connectivity index (χ0v) is 25.8. The molecule has 0 bridgehead atoms. The Hall–Kier alpha value is -4.29. The maximum absolute atomic E-state index is 13.6. The van der Waals surface area contributed by atoms with Crippen LogP contribution in [0.2, 0.25) is 5.02 Å². The standard InChI is InChI=1S/C30H37ClN6O6/c1-17-14-37(30(40)34-27-19(3)35-43-20(27)4)18(2)16-42-25-11-10-23(13-24(25)28(38)36(5)15-26(17)41-6)33-29(39)32-22-9-7-8-21(31)12-22/h7-13,17-18,26H,14-16H2,1-6H3,(H,34,40)(H2,32,33,39)/t17-,18-,26-/m0/s1. The van der Waals surface area contributed by atoms with E-state index in [2.05, 4.69) is 21.1 Å². The number of aryl methyl sites for hydroxylation is 2. The number of benzene rings is 2. The number of carbonyl (C=O) groups excluding carboxylic acids is 3. The van der Waals surface area contributed by atoms with Gasteiger partial charge in [0.25, 0.3) is 5.91 Å². The molecule has 0 saturated carbocycles. The van der Waals surface area contributed by atoms with Crippen LogP contribution in [0, 0.1) is 19.8 Å². The molecule has 1 aliphatic rings. The maximum Gasteiger partial charge on any atom is 0.323 e. The molecular weight excluding hydrogens is 576 g/mol. The monoisotopic (exact) mass is 612 g/mol. The van der Waals surface area contributed by atoms with Crippen LogP contribution in [0.3, 0.4) is 0 Å². The summed E-state index contributed by atoms with van der Waals surface area (Å²) in [5.41, 5.74) is 2.26. The van der Waals surface area contributed by atoms with Crippen LogP contribution in [-0.4, -0.2) is 78.9 Å². The lowest BCUT2D eigenvalue weighted by molar-refractivity contribution is 0.0174. The molecule has 3 N–H and O–H groups in total. The van der Waals surface area contributed by atoms with Crippen molar-refractivity contribution in [2.45, 2.75) is 39.8 Å². The first-order valence-electron chi connectivity index (χ1n) is 13.9. The lowest BCUT2D eigenvalue weighted by atomic mass is 10.0. The Morgan fingerprint density at radius 1 is 1.05 bits per heavy atom. The number of hydrogen-bond donors (Lipinski definition) is 3. The van der Waals surface area contributed by atoms with Gasteiger partial charge in [-0.1, -0.05) is 29.7 Å². The predicted molar refractivity (Wildman–Crippen MR) is 164 cm³/mol. The van der Waals surface area contributed by atoms with Crippen LogP contribution in [0.5, 0.6) is 5.75 Å². The summed E-state index contributed by atoms with van der Waals surface area (Å²) in [6.07, 6.45) is -0.371. The van der Waals surface area contributed by atoms with E-state index in [4.69, 9.17) is 25.6 Å². The molecule has 1 aliphatic heterocycles. The molecule has 13 heteroatoms. The highest BCUT2D eigenvalue weighted by atomic mass is 35.5. The molecule has 3 atom stereocenters. The van der Waals surface area contributed by atoms with E-state index in [1.54, 1.807) is 80.3 Å². The second-order valence-corrected chi connectivity index (χ2v) is 11.1. The van der Waals surface area contributed by atoms with Gasteiger partial charge in [0.05, 0.1) is 17.7 Å². The number of anilines is 3. The van der Waals surface area contributed by atoms with E-state index in [1.165, 1.54) is 0 Å². The lowest BCUT2D eigenvalue weighted by Crippen LogP contribution is -2.50. The van der Waals surface area contributed by atoms with E-state index >= 15 is 0 Å². The third-order valence-electron chi connectivity index (χ3n) is 7.31. The molecular formula is C30H37ClN6O6. The molecule has 0 fully saturated rings. The van der Waals surface area contributed by atoms with Gasteiger partial charge in [0.2, 0.25) is 0 Å². The van der Waals surface area contributed by atoms with Crippen LogP contribution >= 0.6 is 11.6 Å². The Balaban J connectivity index is 1.59. The minimum Gasteiger partial charge on any atom is -0.491 e. The first-order valence-corrected chi connectivity index (χ1v) is 14.2. The highest BCUT2D eigenvalue weighted by Gasteiger charge is 2.31. The van der Waals surface area contributed by atoms with Crippen molar-refractivity contribution in [3.63, 3.8) is 0 Å². The molecule has 2 aromatic carbocycles. The Morgan fingerprint density at radius 3 is 2.42 bits per heavy atom. The number of amides is 5. The van der Waals surface area contributed by atoms with Gasteiger partial charge in [-0.25, -0.2) is 9.59 Å². The van der Waals surface area contributed by atoms with Crippen molar-refractivity contribution in [1.29, 1.82) is 0 Å². The molecule has 3 aromatic rings. The summed E-state index contributed by atoms with van der Waals surface area (Å²) in [6.45, 7) is 8.04. The topological polar surface area (TPSA) is 138 Å². The second-order valence-electron chi connectivity index (χ2n) is 10.7. The van der Waals surface area contributed by atoms with Gasteiger partial charge in [-0.15, -0.1) is 0 Å². The zero-order valence-electron chi connectivity index (χ0n) is 25.1. The first kappa shape index (κ1) is 31.6. The van der Waals surface area contributed by atoms with E-state index in [0.717, 1.165) is 0 Å². The number of carbonyl (C=O) groups is 3. The molecule has 230 valence electrons. The van der Waals surface area contributed by atoms with Gasteiger partial charge in [0, 0.05) is 49.6 Å². The molecule has 2 heterocycles. The van der Waals surface area contributed by atoms with Crippen LogP contribution in [0.4, 0.5) is 26.7 Å². The van der Waals surface area contributed by atoms with E-state index in [9.17, 15) is 14.4 Å². The summed E-state index contributed by atoms with van der Waals surface area (Å²) in [7, 11) is 3.26. The van der Waals surface area contributed by atoms with Crippen LogP contribution in [0.15, 0.2) is 47.0 Å². The van der Waals surface area contributed by atoms with Crippen LogP contribution in [0.1, 0.15) is 35.7 Å². The average Bonchev–Trinajstić information content (AvgIpc) is 3.28. The van der Waals surface area contributed by atoms with Gasteiger partial charge >= 0.3 is 12.1 Å². The van der Waals surface area contributed by atoms with Crippen molar-refractivity contribution in [3.05, 3.63) is 64.5 Å². The number of halogens is 1. The molecule has 0 radical (unpaired) electrons. The van der Waals surface area contributed by atoms with Crippen LogP contribution in [0.25, 0.3) is 0 Å². The molecule has 4 rings (SSSR count). The van der Waals surface area contributed by atoms with Crippen molar-refractivity contribution in [2.24, 2.45) is 5.92 Å². The fraction of sp³-hybridized carbons (Fsp3) is 0.400. The molecule has 0 spiro atoms. The van der Waals surface area contributed by atoms with Gasteiger partial charge in [-0.3, -0.25) is 4.79 Å². The summed E-state index contributed by atoms with van der Waals surface area (Å²) >= 11 is 6.02. The number of nitrogens with one attached hydrogen (secondary N) is 3. The molecule has 12 nitrogen and oxygen atoms in total. The normalized spacial score (nSPS) is 19.4. The van der Waals surface area contributed by atoms with Gasteiger partial charge in [-0.05, 0) is 57.2 Å². The van der Waals surface area contributed by atoms with Gasteiger partial charge in [0.15, 0.2) is 5.76 Å². The number of ether oxygens (including phenoxy) is 2.